The van der Waals surface area contributed by atoms with Gasteiger partial charge in [0.25, 0.3) is 0 Å². The standard InChI is InChI=1S/C7H17NO/c1-4-6(2)7(5-8)9-3/h6-7H,4-5,8H2,1-3H3/t6-,7+/m1/s1. The molecular weight excluding hydrogens is 114 g/mol. The Bertz CT molecular complexity index is 61.9. The molecular formula is C7H17NO. The number of ether oxygens (including phenoxy) is 1. The van der Waals surface area contributed by atoms with Crippen LogP contribution in [0.1, 0.15) is 20.3 Å². The predicted octanol–water partition coefficient (Wildman–Crippen LogP) is 1.01. The SMILES string of the molecule is CC[C@@H](C)[C@H](CN)OC. The summed E-state index contributed by atoms with van der Waals surface area (Å²) >= 11 is 0. The molecule has 0 bridgehead atoms. The van der Waals surface area contributed by atoms with E-state index in [1.165, 1.54) is 0 Å². The first-order valence-electron chi connectivity index (χ1n) is 3.49. The van der Waals surface area contributed by atoms with Crippen LogP contribution in [0.25, 0.3) is 0 Å². The zero-order chi connectivity index (χ0) is 7.28. The Morgan fingerprint density at radius 3 is 2.22 bits per heavy atom. The minimum absolute atomic E-state index is 0.245. The lowest BCUT2D eigenvalue weighted by atomic mass is 10.0. The molecule has 0 heterocycles. The summed E-state index contributed by atoms with van der Waals surface area (Å²) in [5, 5.41) is 0. The Morgan fingerprint density at radius 2 is 2.11 bits per heavy atom. The fraction of sp³-hybridized carbons (Fsp3) is 1.00. The first kappa shape index (κ1) is 8.92. The van der Waals surface area contributed by atoms with Crippen LogP contribution in [0.15, 0.2) is 0 Å². The summed E-state index contributed by atoms with van der Waals surface area (Å²) in [6.45, 7) is 4.93. The average molecular weight is 131 g/mol. The van der Waals surface area contributed by atoms with Crippen LogP contribution in [-0.4, -0.2) is 19.8 Å². The molecule has 0 aromatic carbocycles. The van der Waals surface area contributed by atoms with E-state index in [-0.39, 0.29) is 6.10 Å². The summed E-state index contributed by atoms with van der Waals surface area (Å²) in [5.74, 6) is 0.583. The van der Waals surface area contributed by atoms with Gasteiger partial charge < -0.3 is 10.5 Å². The van der Waals surface area contributed by atoms with Crippen LogP contribution < -0.4 is 5.73 Å². The summed E-state index contributed by atoms with van der Waals surface area (Å²) in [6, 6.07) is 0. The topological polar surface area (TPSA) is 35.2 Å². The lowest BCUT2D eigenvalue weighted by Crippen LogP contribution is -2.28. The van der Waals surface area contributed by atoms with Crippen molar-refractivity contribution >= 4 is 0 Å². The van der Waals surface area contributed by atoms with Crippen LogP contribution in [0, 0.1) is 5.92 Å². The molecule has 9 heavy (non-hydrogen) atoms. The highest BCUT2D eigenvalue weighted by Gasteiger charge is 2.11. The Labute approximate surface area is 57.4 Å². The number of methoxy groups -OCH3 is 1. The van der Waals surface area contributed by atoms with E-state index in [0.717, 1.165) is 6.42 Å². The first-order valence-corrected chi connectivity index (χ1v) is 3.49. The normalized spacial score (nSPS) is 17.3. The summed E-state index contributed by atoms with van der Waals surface area (Å²) in [4.78, 5) is 0. The highest BCUT2D eigenvalue weighted by Crippen LogP contribution is 2.08. The van der Waals surface area contributed by atoms with Crippen molar-refractivity contribution in [3.63, 3.8) is 0 Å². The van der Waals surface area contributed by atoms with E-state index in [1.54, 1.807) is 7.11 Å². The van der Waals surface area contributed by atoms with Gasteiger partial charge >= 0.3 is 0 Å². The molecule has 0 amide bonds. The van der Waals surface area contributed by atoms with Gasteiger partial charge in [-0.25, -0.2) is 0 Å². The van der Waals surface area contributed by atoms with Crippen LogP contribution in [0.4, 0.5) is 0 Å². The molecule has 0 spiro atoms. The van der Waals surface area contributed by atoms with Gasteiger partial charge in [0, 0.05) is 13.7 Å². The van der Waals surface area contributed by atoms with Crippen LogP contribution in [-0.2, 0) is 4.74 Å². The number of hydrogen-bond acceptors (Lipinski definition) is 2. The van der Waals surface area contributed by atoms with Crippen LogP contribution in [0.5, 0.6) is 0 Å². The van der Waals surface area contributed by atoms with Gasteiger partial charge in [0.1, 0.15) is 0 Å². The molecule has 2 N–H and O–H groups in total. The number of hydrogen-bond donors (Lipinski definition) is 1. The lowest BCUT2D eigenvalue weighted by molar-refractivity contribution is 0.0641. The zero-order valence-corrected chi connectivity index (χ0v) is 6.55. The molecule has 0 aromatic heterocycles. The van der Waals surface area contributed by atoms with Gasteiger partial charge in [-0.05, 0) is 5.92 Å². The second-order valence-corrected chi connectivity index (χ2v) is 2.40. The molecule has 0 rings (SSSR count). The fourth-order valence-corrected chi connectivity index (χ4v) is 0.824. The van der Waals surface area contributed by atoms with E-state index in [1.807, 2.05) is 0 Å². The van der Waals surface area contributed by atoms with Gasteiger partial charge in [0.15, 0.2) is 0 Å². The molecule has 0 unspecified atom stereocenters. The van der Waals surface area contributed by atoms with Gasteiger partial charge in [0.2, 0.25) is 0 Å². The van der Waals surface area contributed by atoms with Gasteiger partial charge in [-0.3, -0.25) is 0 Å². The van der Waals surface area contributed by atoms with E-state index in [4.69, 9.17) is 10.5 Å². The van der Waals surface area contributed by atoms with Crippen molar-refractivity contribution in [2.45, 2.75) is 26.4 Å². The molecule has 0 saturated carbocycles. The molecule has 2 atom stereocenters. The molecule has 2 heteroatoms. The van der Waals surface area contributed by atoms with E-state index in [9.17, 15) is 0 Å². The average Bonchev–Trinajstić information content (AvgIpc) is 1.90. The fourth-order valence-electron chi connectivity index (χ4n) is 0.824. The van der Waals surface area contributed by atoms with Crippen molar-refractivity contribution in [3.8, 4) is 0 Å². The van der Waals surface area contributed by atoms with Gasteiger partial charge in [-0.15, -0.1) is 0 Å². The monoisotopic (exact) mass is 131 g/mol. The summed E-state index contributed by atoms with van der Waals surface area (Å²) in [5.41, 5.74) is 5.43. The Hall–Kier alpha value is -0.0800. The third kappa shape index (κ3) is 2.82. The van der Waals surface area contributed by atoms with Crippen LogP contribution in [0.3, 0.4) is 0 Å². The summed E-state index contributed by atoms with van der Waals surface area (Å²) in [7, 11) is 1.71. The molecule has 2 nitrogen and oxygen atoms in total. The van der Waals surface area contributed by atoms with Crippen molar-refractivity contribution in [2.24, 2.45) is 11.7 Å². The largest absolute Gasteiger partial charge is 0.380 e. The maximum Gasteiger partial charge on any atom is 0.0718 e. The Kier molecular flexibility index (Phi) is 4.72. The van der Waals surface area contributed by atoms with Gasteiger partial charge in [-0.1, -0.05) is 20.3 Å². The van der Waals surface area contributed by atoms with Crippen molar-refractivity contribution < 1.29 is 4.74 Å². The van der Waals surface area contributed by atoms with E-state index in [0.29, 0.717) is 12.5 Å². The third-order valence-electron chi connectivity index (χ3n) is 1.81. The molecule has 0 aliphatic rings. The van der Waals surface area contributed by atoms with Crippen LogP contribution in [0.2, 0.25) is 0 Å². The highest BCUT2D eigenvalue weighted by atomic mass is 16.5. The Morgan fingerprint density at radius 1 is 1.56 bits per heavy atom. The summed E-state index contributed by atoms with van der Waals surface area (Å²) < 4.78 is 5.13. The second kappa shape index (κ2) is 4.77. The van der Waals surface area contributed by atoms with Crippen LogP contribution >= 0.6 is 0 Å². The third-order valence-corrected chi connectivity index (χ3v) is 1.81. The molecule has 0 aliphatic carbocycles. The maximum atomic E-state index is 5.43. The minimum atomic E-state index is 0.245. The maximum absolute atomic E-state index is 5.43. The van der Waals surface area contributed by atoms with E-state index < -0.39 is 0 Å². The zero-order valence-electron chi connectivity index (χ0n) is 6.55. The molecule has 0 radical (unpaired) electrons. The van der Waals surface area contributed by atoms with E-state index >= 15 is 0 Å². The van der Waals surface area contributed by atoms with Crippen molar-refractivity contribution in [1.29, 1.82) is 0 Å². The lowest BCUT2D eigenvalue weighted by Gasteiger charge is -2.18. The molecule has 0 saturated heterocycles. The molecule has 56 valence electrons. The predicted molar refractivity (Wildman–Crippen MR) is 39.3 cm³/mol. The van der Waals surface area contributed by atoms with Crippen molar-refractivity contribution in [2.75, 3.05) is 13.7 Å². The number of rotatable bonds is 4. The molecule has 0 aromatic rings. The molecule has 0 aliphatic heterocycles. The quantitative estimate of drug-likeness (QED) is 0.618. The van der Waals surface area contributed by atoms with Gasteiger partial charge in [0.05, 0.1) is 6.10 Å². The van der Waals surface area contributed by atoms with Gasteiger partial charge in [-0.2, -0.15) is 0 Å². The molecule has 0 fully saturated rings. The Balaban J connectivity index is 3.50. The summed E-state index contributed by atoms with van der Waals surface area (Å²) in [6.07, 6.45) is 1.38. The smallest absolute Gasteiger partial charge is 0.0718 e. The van der Waals surface area contributed by atoms with E-state index in [2.05, 4.69) is 13.8 Å². The highest BCUT2D eigenvalue weighted by molar-refractivity contribution is 4.64. The van der Waals surface area contributed by atoms with Crippen molar-refractivity contribution in [1.82, 2.24) is 0 Å². The number of nitrogens with two attached hydrogens (primary N) is 1. The minimum Gasteiger partial charge on any atom is -0.380 e. The van der Waals surface area contributed by atoms with Crippen molar-refractivity contribution in [3.05, 3.63) is 0 Å². The second-order valence-electron chi connectivity index (χ2n) is 2.40. The first-order chi connectivity index (χ1) is 4.26.